The summed E-state index contributed by atoms with van der Waals surface area (Å²) in [5, 5.41) is 20.2. The molecule has 4 aliphatic rings. The van der Waals surface area contributed by atoms with E-state index in [1.165, 1.54) is 44.9 Å². The predicted molar refractivity (Wildman–Crippen MR) is 88.3 cm³/mol. The van der Waals surface area contributed by atoms with Gasteiger partial charge in [0.2, 0.25) is 0 Å². The van der Waals surface area contributed by atoms with Gasteiger partial charge in [-0.2, -0.15) is 0 Å². The zero-order valence-electron chi connectivity index (χ0n) is 14.4. The lowest BCUT2D eigenvalue weighted by Crippen LogP contribution is -2.50. The molecule has 2 heteroatoms. The average molecular weight is 306 g/mol. The summed E-state index contributed by atoms with van der Waals surface area (Å²) in [7, 11) is 0. The molecule has 4 saturated carbocycles. The molecule has 22 heavy (non-hydrogen) atoms. The summed E-state index contributed by atoms with van der Waals surface area (Å²) in [6, 6.07) is 0. The second-order valence-corrected chi connectivity index (χ2v) is 9.68. The van der Waals surface area contributed by atoms with Gasteiger partial charge in [-0.15, -0.1) is 0 Å². The zero-order valence-corrected chi connectivity index (χ0v) is 14.4. The summed E-state index contributed by atoms with van der Waals surface area (Å²) in [6.45, 7) is 4.94. The van der Waals surface area contributed by atoms with Crippen LogP contribution in [0.1, 0.15) is 71.6 Å². The van der Waals surface area contributed by atoms with Crippen LogP contribution in [0.5, 0.6) is 0 Å². The molecule has 0 spiro atoms. The molecule has 0 amide bonds. The maximum Gasteiger partial charge on any atom is 0.0622 e. The highest BCUT2D eigenvalue weighted by molar-refractivity contribution is 5.06. The van der Waals surface area contributed by atoms with Crippen molar-refractivity contribution >= 4 is 0 Å². The summed E-state index contributed by atoms with van der Waals surface area (Å²) < 4.78 is 0. The lowest BCUT2D eigenvalue weighted by molar-refractivity contribution is -0.102. The Morgan fingerprint density at radius 1 is 0.864 bits per heavy atom. The van der Waals surface area contributed by atoms with Gasteiger partial charge >= 0.3 is 0 Å². The third-order valence-corrected chi connectivity index (χ3v) is 8.65. The number of rotatable bonds is 1. The standard InChI is InChI=1S/C20H34O2/c1-19(22)9-7-15-13(11-19)3-5-17-16(15)8-10-20(2)14(12-21)4-6-18(17)20/h13-18,21-22H,3-12H2,1-2H3/t13-,14-,15?,16-,17-,18+,19-,20-/m1/s1. The molecule has 0 heterocycles. The summed E-state index contributed by atoms with van der Waals surface area (Å²) in [6.07, 6.45) is 11.4. The summed E-state index contributed by atoms with van der Waals surface area (Å²) in [5.41, 5.74) is 0.0233. The molecule has 0 radical (unpaired) electrons. The first-order valence-corrected chi connectivity index (χ1v) is 9.78. The first-order valence-electron chi connectivity index (χ1n) is 9.78. The smallest absolute Gasteiger partial charge is 0.0622 e. The number of aliphatic hydroxyl groups is 2. The van der Waals surface area contributed by atoms with Crippen LogP contribution in [0, 0.1) is 40.9 Å². The van der Waals surface area contributed by atoms with Crippen LogP contribution < -0.4 is 0 Å². The minimum absolute atomic E-state index is 0.396. The van der Waals surface area contributed by atoms with Gasteiger partial charge in [-0.25, -0.2) is 0 Å². The van der Waals surface area contributed by atoms with Crippen molar-refractivity contribution in [3.8, 4) is 0 Å². The molecule has 4 aliphatic carbocycles. The lowest BCUT2D eigenvalue weighted by atomic mass is 9.49. The predicted octanol–water partition coefficient (Wildman–Crippen LogP) is 4.00. The Hall–Kier alpha value is -0.0800. The van der Waals surface area contributed by atoms with Gasteiger partial charge in [-0.05, 0) is 106 Å². The molecule has 0 aromatic heterocycles. The minimum Gasteiger partial charge on any atom is -0.396 e. The summed E-state index contributed by atoms with van der Waals surface area (Å²) >= 11 is 0. The Balaban J connectivity index is 1.54. The highest BCUT2D eigenvalue weighted by Crippen LogP contribution is 2.64. The number of fused-ring (bicyclic) bond motifs is 5. The number of aliphatic hydroxyl groups excluding tert-OH is 1. The van der Waals surface area contributed by atoms with Gasteiger partial charge in [-0.1, -0.05) is 6.92 Å². The topological polar surface area (TPSA) is 40.5 Å². The van der Waals surface area contributed by atoms with Gasteiger partial charge in [0, 0.05) is 6.61 Å². The lowest BCUT2D eigenvalue weighted by Gasteiger charge is -2.57. The van der Waals surface area contributed by atoms with Crippen LogP contribution in [-0.2, 0) is 0 Å². The van der Waals surface area contributed by atoms with E-state index in [-0.39, 0.29) is 0 Å². The van der Waals surface area contributed by atoms with Crippen molar-refractivity contribution < 1.29 is 10.2 Å². The maximum atomic E-state index is 10.4. The van der Waals surface area contributed by atoms with Crippen molar-refractivity contribution in [2.45, 2.75) is 77.2 Å². The molecule has 2 N–H and O–H groups in total. The van der Waals surface area contributed by atoms with Crippen molar-refractivity contribution in [3.63, 3.8) is 0 Å². The van der Waals surface area contributed by atoms with E-state index in [9.17, 15) is 10.2 Å². The Morgan fingerprint density at radius 3 is 2.41 bits per heavy atom. The van der Waals surface area contributed by atoms with Gasteiger partial charge in [0.15, 0.2) is 0 Å². The summed E-state index contributed by atoms with van der Waals surface area (Å²) in [5.74, 6) is 4.93. The Morgan fingerprint density at radius 2 is 1.64 bits per heavy atom. The molecule has 0 aromatic carbocycles. The second-order valence-electron chi connectivity index (χ2n) is 9.68. The maximum absolute atomic E-state index is 10.4. The highest BCUT2D eigenvalue weighted by Gasteiger charge is 2.57. The quantitative estimate of drug-likeness (QED) is 0.769. The average Bonchev–Trinajstić information content (AvgIpc) is 2.82. The molecule has 4 fully saturated rings. The van der Waals surface area contributed by atoms with Crippen LogP contribution in [0.3, 0.4) is 0 Å². The SMILES string of the molecule is C[C@@]1(O)CCC2[C@H](CC[C@@H]3[C@@H]2CC[C@]2(C)[C@@H](CO)CC[C@@H]32)C1. The Bertz CT molecular complexity index is 431. The third-order valence-electron chi connectivity index (χ3n) is 8.65. The third kappa shape index (κ3) is 2.20. The molecule has 2 nitrogen and oxygen atoms in total. The van der Waals surface area contributed by atoms with E-state index in [2.05, 4.69) is 13.8 Å². The number of hydrogen-bond acceptors (Lipinski definition) is 2. The Labute approximate surface area is 135 Å². The van der Waals surface area contributed by atoms with Crippen LogP contribution in [0.4, 0.5) is 0 Å². The molecule has 0 aromatic rings. The molecule has 126 valence electrons. The van der Waals surface area contributed by atoms with E-state index in [1.54, 1.807) is 0 Å². The molecule has 1 unspecified atom stereocenters. The normalized spacial score (nSPS) is 57.8. The molecule has 4 rings (SSSR count). The van der Waals surface area contributed by atoms with Crippen LogP contribution in [0.15, 0.2) is 0 Å². The molecular weight excluding hydrogens is 272 g/mol. The minimum atomic E-state index is -0.396. The number of hydrogen-bond donors (Lipinski definition) is 2. The molecular formula is C20H34O2. The van der Waals surface area contributed by atoms with Crippen LogP contribution >= 0.6 is 0 Å². The van der Waals surface area contributed by atoms with E-state index in [0.29, 0.717) is 17.9 Å². The van der Waals surface area contributed by atoms with E-state index < -0.39 is 5.60 Å². The molecule has 0 bridgehead atoms. The van der Waals surface area contributed by atoms with Crippen LogP contribution in [0.2, 0.25) is 0 Å². The second kappa shape index (κ2) is 5.21. The molecule has 8 atom stereocenters. The van der Waals surface area contributed by atoms with Crippen molar-refractivity contribution in [2.75, 3.05) is 6.61 Å². The van der Waals surface area contributed by atoms with Crippen molar-refractivity contribution in [1.82, 2.24) is 0 Å². The van der Waals surface area contributed by atoms with Gasteiger partial charge in [-0.3, -0.25) is 0 Å². The van der Waals surface area contributed by atoms with Crippen molar-refractivity contribution in [2.24, 2.45) is 40.9 Å². The highest BCUT2D eigenvalue weighted by atomic mass is 16.3. The fraction of sp³-hybridized carbons (Fsp3) is 1.00. The van der Waals surface area contributed by atoms with Crippen molar-refractivity contribution in [1.29, 1.82) is 0 Å². The van der Waals surface area contributed by atoms with E-state index >= 15 is 0 Å². The fourth-order valence-corrected chi connectivity index (χ4v) is 7.49. The largest absolute Gasteiger partial charge is 0.396 e. The monoisotopic (exact) mass is 306 g/mol. The Kier molecular flexibility index (Phi) is 3.66. The molecule has 0 saturated heterocycles. The first-order chi connectivity index (χ1) is 10.4. The van der Waals surface area contributed by atoms with Crippen LogP contribution in [-0.4, -0.2) is 22.4 Å². The van der Waals surface area contributed by atoms with Gasteiger partial charge in [0.1, 0.15) is 0 Å². The first kappa shape index (κ1) is 15.4. The van der Waals surface area contributed by atoms with E-state index in [1.807, 2.05) is 0 Å². The van der Waals surface area contributed by atoms with Crippen LogP contribution in [0.25, 0.3) is 0 Å². The zero-order chi connectivity index (χ0) is 15.5. The van der Waals surface area contributed by atoms with Crippen molar-refractivity contribution in [3.05, 3.63) is 0 Å². The fourth-order valence-electron chi connectivity index (χ4n) is 7.49. The van der Waals surface area contributed by atoms with Gasteiger partial charge < -0.3 is 10.2 Å². The van der Waals surface area contributed by atoms with E-state index in [0.717, 1.165) is 42.4 Å². The molecule has 0 aliphatic heterocycles. The van der Waals surface area contributed by atoms with Gasteiger partial charge in [0.05, 0.1) is 5.60 Å². The van der Waals surface area contributed by atoms with E-state index in [4.69, 9.17) is 0 Å². The van der Waals surface area contributed by atoms with Gasteiger partial charge in [0.25, 0.3) is 0 Å². The summed E-state index contributed by atoms with van der Waals surface area (Å²) in [4.78, 5) is 0.